The Morgan fingerprint density at radius 1 is 1.25 bits per heavy atom. The maximum atomic E-state index is 12.2. The first kappa shape index (κ1) is 13.8. The van der Waals surface area contributed by atoms with Crippen molar-refractivity contribution in [2.75, 3.05) is 0 Å². The van der Waals surface area contributed by atoms with Crippen LogP contribution >= 0.6 is 45.9 Å². The largest absolute Gasteiger partial charge is 0.319 e. The molecule has 2 heterocycles. The molecule has 0 saturated heterocycles. The van der Waals surface area contributed by atoms with E-state index in [-0.39, 0.29) is 5.91 Å². The number of fused-ring (bicyclic) bond motifs is 1. The standard InChI is InChI=1S/C13H8Cl2N2OS2/c1-17-8-4-2-3-5-9(8)19-13(17)16-12(18)7-6-10(14)20-11(7)15/h2-6H,1H3. The van der Waals surface area contributed by atoms with Crippen LogP contribution in [0, 0.1) is 0 Å². The molecule has 3 nitrogen and oxygen atoms in total. The molecule has 1 aromatic carbocycles. The summed E-state index contributed by atoms with van der Waals surface area (Å²) in [6.07, 6.45) is 0. The molecule has 0 bridgehead atoms. The van der Waals surface area contributed by atoms with Crippen LogP contribution in [0.4, 0.5) is 0 Å². The summed E-state index contributed by atoms with van der Waals surface area (Å²) in [5, 5.41) is 0. The van der Waals surface area contributed by atoms with Gasteiger partial charge in [0.25, 0.3) is 5.91 Å². The molecule has 20 heavy (non-hydrogen) atoms. The van der Waals surface area contributed by atoms with Crippen LogP contribution in [0.1, 0.15) is 10.4 Å². The van der Waals surface area contributed by atoms with E-state index in [1.165, 1.54) is 11.3 Å². The fourth-order valence-electron chi connectivity index (χ4n) is 1.82. The molecular weight excluding hydrogens is 335 g/mol. The van der Waals surface area contributed by atoms with Crippen LogP contribution in [0.5, 0.6) is 0 Å². The average molecular weight is 343 g/mol. The van der Waals surface area contributed by atoms with Crippen LogP contribution in [0.2, 0.25) is 8.67 Å². The average Bonchev–Trinajstić information content (AvgIpc) is 2.91. The van der Waals surface area contributed by atoms with Gasteiger partial charge in [0.2, 0.25) is 0 Å². The Kier molecular flexibility index (Phi) is 3.69. The van der Waals surface area contributed by atoms with Gasteiger partial charge in [-0.2, -0.15) is 4.99 Å². The van der Waals surface area contributed by atoms with Gasteiger partial charge in [-0.1, -0.05) is 46.7 Å². The van der Waals surface area contributed by atoms with Crippen molar-refractivity contribution in [3.05, 3.63) is 49.4 Å². The minimum absolute atomic E-state index is 0.346. The molecule has 0 radical (unpaired) electrons. The second kappa shape index (κ2) is 5.33. The molecule has 2 aromatic heterocycles. The van der Waals surface area contributed by atoms with Gasteiger partial charge in [0, 0.05) is 7.05 Å². The molecule has 0 unspecified atom stereocenters. The second-order valence-corrected chi connectivity index (χ2v) is 7.36. The van der Waals surface area contributed by atoms with Gasteiger partial charge in [-0.15, -0.1) is 11.3 Å². The van der Waals surface area contributed by atoms with Crippen molar-refractivity contribution < 1.29 is 4.79 Å². The Morgan fingerprint density at radius 3 is 2.65 bits per heavy atom. The number of benzene rings is 1. The van der Waals surface area contributed by atoms with Gasteiger partial charge in [-0.25, -0.2) is 0 Å². The minimum atomic E-state index is -0.375. The lowest BCUT2D eigenvalue weighted by atomic mass is 10.3. The molecule has 0 aliphatic carbocycles. The zero-order chi connectivity index (χ0) is 14.3. The van der Waals surface area contributed by atoms with Gasteiger partial charge in [0.1, 0.15) is 4.34 Å². The third kappa shape index (κ3) is 2.42. The lowest BCUT2D eigenvalue weighted by Gasteiger charge is -1.94. The Labute approximate surface area is 132 Å². The van der Waals surface area contributed by atoms with E-state index >= 15 is 0 Å². The number of nitrogens with zero attached hydrogens (tertiary/aromatic N) is 2. The van der Waals surface area contributed by atoms with Crippen LogP contribution in [-0.4, -0.2) is 10.5 Å². The predicted molar refractivity (Wildman–Crippen MR) is 85.0 cm³/mol. The lowest BCUT2D eigenvalue weighted by Crippen LogP contribution is -2.13. The predicted octanol–water partition coefficient (Wildman–Crippen LogP) is 4.35. The highest BCUT2D eigenvalue weighted by Crippen LogP contribution is 2.31. The first-order chi connectivity index (χ1) is 9.56. The molecule has 0 spiro atoms. The molecule has 0 fully saturated rings. The van der Waals surface area contributed by atoms with E-state index in [4.69, 9.17) is 23.2 Å². The smallest absolute Gasteiger partial charge is 0.282 e. The summed E-state index contributed by atoms with van der Waals surface area (Å²) < 4.78 is 3.82. The summed E-state index contributed by atoms with van der Waals surface area (Å²) in [7, 11) is 1.88. The van der Waals surface area contributed by atoms with Crippen molar-refractivity contribution >= 4 is 62.0 Å². The first-order valence-electron chi connectivity index (χ1n) is 5.64. The Morgan fingerprint density at radius 2 is 2.00 bits per heavy atom. The molecule has 0 aliphatic heterocycles. The van der Waals surface area contributed by atoms with E-state index in [2.05, 4.69) is 4.99 Å². The Balaban J connectivity index is 2.13. The molecule has 0 saturated carbocycles. The van der Waals surface area contributed by atoms with E-state index in [1.807, 2.05) is 35.9 Å². The first-order valence-corrected chi connectivity index (χ1v) is 8.03. The highest BCUT2D eigenvalue weighted by Gasteiger charge is 2.14. The highest BCUT2D eigenvalue weighted by atomic mass is 35.5. The minimum Gasteiger partial charge on any atom is -0.319 e. The lowest BCUT2D eigenvalue weighted by molar-refractivity contribution is 0.0998. The number of carbonyl (C=O) groups excluding carboxylic acids is 1. The fraction of sp³-hybridized carbons (Fsp3) is 0.0769. The van der Waals surface area contributed by atoms with E-state index in [0.29, 0.717) is 19.0 Å². The number of thiophene rings is 1. The van der Waals surface area contributed by atoms with Crippen molar-refractivity contribution in [2.24, 2.45) is 12.0 Å². The summed E-state index contributed by atoms with van der Waals surface area (Å²) in [4.78, 5) is 16.9. The Hall–Kier alpha value is -1.14. The molecule has 3 aromatic rings. The van der Waals surface area contributed by atoms with E-state index in [0.717, 1.165) is 21.6 Å². The number of amides is 1. The molecular formula is C13H8Cl2N2OS2. The van der Waals surface area contributed by atoms with Crippen molar-refractivity contribution in [3.63, 3.8) is 0 Å². The van der Waals surface area contributed by atoms with Crippen LogP contribution < -0.4 is 4.80 Å². The summed E-state index contributed by atoms with van der Waals surface area (Å²) in [5.41, 5.74) is 1.39. The molecule has 0 aliphatic rings. The molecule has 7 heteroatoms. The summed E-state index contributed by atoms with van der Waals surface area (Å²) in [6.45, 7) is 0. The number of carbonyl (C=O) groups is 1. The molecule has 0 atom stereocenters. The molecule has 1 amide bonds. The van der Waals surface area contributed by atoms with Gasteiger partial charge in [-0.3, -0.25) is 4.79 Å². The van der Waals surface area contributed by atoms with Crippen LogP contribution in [0.25, 0.3) is 10.2 Å². The number of hydrogen-bond acceptors (Lipinski definition) is 3. The van der Waals surface area contributed by atoms with E-state index in [9.17, 15) is 4.79 Å². The zero-order valence-corrected chi connectivity index (χ0v) is 13.4. The molecule has 3 rings (SSSR count). The van der Waals surface area contributed by atoms with Gasteiger partial charge in [-0.05, 0) is 18.2 Å². The molecule has 0 N–H and O–H groups in total. The fourth-order valence-corrected chi connectivity index (χ4v) is 4.29. The number of rotatable bonds is 1. The van der Waals surface area contributed by atoms with E-state index < -0.39 is 0 Å². The van der Waals surface area contributed by atoms with Crippen molar-refractivity contribution in [2.45, 2.75) is 0 Å². The summed E-state index contributed by atoms with van der Waals surface area (Å²) >= 11 is 14.4. The summed E-state index contributed by atoms with van der Waals surface area (Å²) in [5.74, 6) is -0.375. The molecule has 102 valence electrons. The van der Waals surface area contributed by atoms with Crippen molar-refractivity contribution in [3.8, 4) is 0 Å². The third-order valence-corrected chi connectivity index (χ3v) is 5.40. The van der Waals surface area contributed by atoms with Crippen molar-refractivity contribution in [1.82, 2.24) is 4.57 Å². The SMILES string of the molecule is Cn1c(=NC(=O)c2cc(Cl)sc2Cl)sc2ccccc21. The van der Waals surface area contributed by atoms with Crippen LogP contribution in [0.3, 0.4) is 0 Å². The topological polar surface area (TPSA) is 34.4 Å². The monoisotopic (exact) mass is 342 g/mol. The second-order valence-electron chi connectivity index (χ2n) is 4.07. The maximum Gasteiger partial charge on any atom is 0.282 e. The zero-order valence-electron chi connectivity index (χ0n) is 10.3. The highest BCUT2D eigenvalue weighted by molar-refractivity contribution is 7.20. The third-order valence-electron chi connectivity index (χ3n) is 2.80. The van der Waals surface area contributed by atoms with Gasteiger partial charge >= 0.3 is 0 Å². The number of hydrogen-bond donors (Lipinski definition) is 0. The van der Waals surface area contributed by atoms with Gasteiger partial charge in [0.05, 0.1) is 20.1 Å². The number of halogens is 2. The normalized spacial score (nSPS) is 12.2. The number of aryl methyl sites for hydroxylation is 1. The van der Waals surface area contributed by atoms with Crippen LogP contribution in [0.15, 0.2) is 35.3 Å². The van der Waals surface area contributed by atoms with E-state index in [1.54, 1.807) is 6.07 Å². The van der Waals surface area contributed by atoms with Gasteiger partial charge < -0.3 is 4.57 Å². The number of thiazole rings is 1. The number of aromatic nitrogens is 1. The quantitative estimate of drug-likeness (QED) is 0.647. The number of para-hydroxylation sites is 1. The summed E-state index contributed by atoms with van der Waals surface area (Å²) in [6, 6.07) is 9.45. The van der Waals surface area contributed by atoms with Gasteiger partial charge in [0.15, 0.2) is 4.80 Å². The van der Waals surface area contributed by atoms with Crippen LogP contribution in [-0.2, 0) is 7.05 Å². The Bertz CT molecular complexity index is 876. The maximum absolute atomic E-state index is 12.2. The van der Waals surface area contributed by atoms with Crippen molar-refractivity contribution in [1.29, 1.82) is 0 Å².